The summed E-state index contributed by atoms with van der Waals surface area (Å²) in [5.41, 5.74) is 1.37. The van der Waals surface area contributed by atoms with Crippen molar-refractivity contribution in [3.8, 4) is 0 Å². The zero-order valence-corrected chi connectivity index (χ0v) is 11.4. The zero-order chi connectivity index (χ0) is 13.0. The van der Waals surface area contributed by atoms with E-state index in [1.165, 1.54) is 5.69 Å². The molecule has 0 saturated carbocycles. The fourth-order valence-corrected chi connectivity index (χ4v) is 2.90. The van der Waals surface area contributed by atoms with E-state index < -0.39 is 0 Å². The largest absolute Gasteiger partial charge is 0.396 e. The van der Waals surface area contributed by atoms with Crippen molar-refractivity contribution in [3.63, 3.8) is 0 Å². The summed E-state index contributed by atoms with van der Waals surface area (Å²) in [5.74, 6) is 0. The minimum atomic E-state index is 0.116. The van der Waals surface area contributed by atoms with E-state index in [0.717, 1.165) is 25.9 Å². The molecule has 1 unspecified atom stereocenters. The summed E-state index contributed by atoms with van der Waals surface area (Å²) < 4.78 is 0. The Morgan fingerprint density at radius 2 is 2.06 bits per heavy atom. The molecule has 2 N–H and O–H groups in total. The summed E-state index contributed by atoms with van der Waals surface area (Å²) in [5, 5.41) is 12.8. The number of rotatable bonds is 3. The number of aliphatic hydroxyl groups excluding tert-OH is 1. The van der Waals surface area contributed by atoms with Crippen molar-refractivity contribution in [1.29, 1.82) is 0 Å². The van der Waals surface area contributed by atoms with Gasteiger partial charge in [0.25, 0.3) is 0 Å². The summed E-state index contributed by atoms with van der Waals surface area (Å²) in [6, 6.07) is 10.9. The van der Waals surface area contributed by atoms with Crippen molar-refractivity contribution in [3.05, 3.63) is 30.3 Å². The number of benzene rings is 1. The molecule has 0 spiro atoms. The van der Waals surface area contributed by atoms with Crippen LogP contribution < -0.4 is 10.2 Å². The van der Waals surface area contributed by atoms with E-state index in [9.17, 15) is 5.11 Å². The van der Waals surface area contributed by atoms with Crippen LogP contribution in [0, 0.1) is 0 Å². The maximum absolute atomic E-state index is 9.29. The molecule has 0 aliphatic carbocycles. The summed E-state index contributed by atoms with van der Waals surface area (Å²) in [6.07, 6.45) is 1.93. The molecule has 1 atom stereocenters. The highest BCUT2D eigenvalue weighted by Gasteiger charge is 2.34. The monoisotopic (exact) mass is 248 g/mol. The summed E-state index contributed by atoms with van der Waals surface area (Å²) in [4.78, 5) is 2.48. The number of aliphatic hydroxyl groups is 1. The first-order chi connectivity index (χ1) is 8.65. The predicted octanol–water partition coefficient (Wildman–Crippen LogP) is 2.02. The Morgan fingerprint density at radius 1 is 1.33 bits per heavy atom. The van der Waals surface area contributed by atoms with Crippen LogP contribution in [0.4, 0.5) is 5.69 Å². The fourth-order valence-electron chi connectivity index (χ4n) is 2.90. The molecule has 3 heteroatoms. The molecule has 1 heterocycles. The highest BCUT2D eigenvalue weighted by molar-refractivity contribution is 5.50. The van der Waals surface area contributed by atoms with Gasteiger partial charge in [0.1, 0.15) is 0 Å². The van der Waals surface area contributed by atoms with Crippen LogP contribution in [0.5, 0.6) is 0 Å². The maximum atomic E-state index is 9.29. The Balaban J connectivity index is 2.33. The number of nitrogens with zero attached hydrogens (tertiary/aromatic N) is 1. The van der Waals surface area contributed by atoms with Gasteiger partial charge in [0, 0.05) is 30.4 Å². The molecule has 0 aromatic heterocycles. The Labute approximate surface area is 110 Å². The molecule has 18 heavy (non-hydrogen) atoms. The maximum Gasteiger partial charge on any atom is 0.0451 e. The third-order valence-corrected chi connectivity index (χ3v) is 3.81. The topological polar surface area (TPSA) is 35.5 Å². The normalized spacial score (nSPS) is 23.7. The molecule has 3 nitrogen and oxygen atoms in total. The highest BCUT2D eigenvalue weighted by Crippen LogP contribution is 2.31. The Morgan fingerprint density at radius 3 is 2.72 bits per heavy atom. The van der Waals surface area contributed by atoms with Gasteiger partial charge in [-0.3, -0.25) is 0 Å². The van der Waals surface area contributed by atoms with Crippen molar-refractivity contribution in [1.82, 2.24) is 5.32 Å². The minimum absolute atomic E-state index is 0.116. The number of para-hydroxylation sites is 1. The third kappa shape index (κ3) is 2.85. The first-order valence-corrected chi connectivity index (χ1v) is 6.81. The standard InChI is InChI=1S/C15H24N2O/c1-15(2)9-10-16-12-14(8-11-18)17(15)13-6-4-3-5-7-13/h3-7,14,16,18H,8-12H2,1-2H3. The summed E-state index contributed by atoms with van der Waals surface area (Å²) >= 11 is 0. The van der Waals surface area contributed by atoms with Crippen LogP contribution in [0.2, 0.25) is 0 Å². The van der Waals surface area contributed by atoms with Crippen LogP contribution in [-0.4, -0.2) is 36.4 Å². The van der Waals surface area contributed by atoms with Crippen molar-refractivity contribution >= 4 is 5.69 Å². The second-order valence-electron chi connectivity index (χ2n) is 5.64. The Bertz CT molecular complexity index is 364. The van der Waals surface area contributed by atoms with E-state index in [1.54, 1.807) is 0 Å². The second kappa shape index (κ2) is 5.72. The number of nitrogens with one attached hydrogen (secondary N) is 1. The van der Waals surface area contributed by atoms with Gasteiger partial charge in [0.15, 0.2) is 0 Å². The molecule has 1 aromatic carbocycles. The Kier molecular flexibility index (Phi) is 4.25. The van der Waals surface area contributed by atoms with Gasteiger partial charge in [-0.25, -0.2) is 0 Å². The molecule has 0 radical (unpaired) electrons. The fraction of sp³-hybridized carbons (Fsp3) is 0.600. The van der Waals surface area contributed by atoms with Gasteiger partial charge >= 0.3 is 0 Å². The minimum Gasteiger partial charge on any atom is -0.396 e. The Hall–Kier alpha value is -1.06. The SMILES string of the molecule is CC1(C)CCNCC(CCO)N1c1ccccc1. The van der Waals surface area contributed by atoms with E-state index in [4.69, 9.17) is 0 Å². The van der Waals surface area contributed by atoms with Gasteiger partial charge in [-0.1, -0.05) is 18.2 Å². The van der Waals surface area contributed by atoms with Crippen molar-refractivity contribution < 1.29 is 5.11 Å². The van der Waals surface area contributed by atoms with Crippen LogP contribution >= 0.6 is 0 Å². The number of hydrogen-bond acceptors (Lipinski definition) is 3. The van der Waals surface area contributed by atoms with Crippen LogP contribution in [0.3, 0.4) is 0 Å². The van der Waals surface area contributed by atoms with Gasteiger partial charge < -0.3 is 15.3 Å². The molecular weight excluding hydrogens is 224 g/mol. The van der Waals surface area contributed by atoms with E-state index in [2.05, 4.69) is 48.3 Å². The molecule has 0 bridgehead atoms. The van der Waals surface area contributed by atoms with Crippen LogP contribution in [0.1, 0.15) is 26.7 Å². The van der Waals surface area contributed by atoms with Crippen molar-refractivity contribution in [2.75, 3.05) is 24.6 Å². The highest BCUT2D eigenvalue weighted by atomic mass is 16.3. The molecule has 1 aliphatic rings. The summed E-state index contributed by atoms with van der Waals surface area (Å²) in [7, 11) is 0. The summed E-state index contributed by atoms with van der Waals surface area (Å²) in [6.45, 7) is 6.80. The van der Waals surface area contributed by atoms with Gasteiger partial charge in [-0.2, -0.15) is 0 Å². The lowest BCUT2D eigenvalue weighted by molar-refractivity contribution is 0.265. The first kappa shape index (κ1) is 13.4. The van der Waals surface area contributed by atoms with Gasteiger partial charge in [0.2, 0.25) is 0 Å². The predicted molar refractivity (Wildman–Crippen MR) is 76.0 cm³/mol. The molecule has 2 rings (SSSR count). The van der Waals surface area contributed by atoms with Crippen LogP contribution in [-0.2, 0) is 0 Å². The van der Waals surface area contributed by atoms with Gasteiger partial charge in [-0.15, -0.1) is 0 Å². The molecule has 1 aliphatic heterocycles. The molecule has 1 saturated heterocycles. The van der Waals surface area contributed by atoms with E-state index in [-0.39, 0.29) is 12.1 Å². The average molecular weight is 248 g/mol. The number of hydrogen-bond donors (Lipinski definition) is 2. The molecule has 100 valence electrons. The smallest absolute Gasteiger partial charge is 0.0451 e. The van der Waals surface area contributed by atoms with E-state index in [0.29, 0.717) is 6.04 Å². The molecule has 1 fully saturated rings. The van der Waals surface area contributed by atoms with Crippen molar-refractivity contribution in [2.45, 2.75) is 38.3 Å². The van der Waals surface area contributed by atoms with Gasteiger partial charge in [0.05, 0.1) is 0 Å². The van der Waals surface area contributed by atoms with E-state index in [1.807, 2.05) is 6.07 Å². The van der Waals surface area contributed by atoms with Crippen LogP contribution in [0.15, 0.2) is 30.3 Å². The second-order valence-corrected chi connectivity index (χ2v) is 5.64. The third-order valence-electron chi connectivity index (χ3n) is 3.81. The molecule has 0 amide bonds. The van der Waals surface area contributed by atoms with Crippen LogP contribution in [0.25, 0.3) is 0 Å². The lowest BCUT2D eigenvalue weighted by atomic mass is 9.95. The quantitative estimate of drug-likeness (QED) is 0.859. The lowest BCUT2D eigenvalue weighted by Crippen LogP contribution is -2.51. The van der Waals surface area contributed by atoms with E-state index >= 15 is 0 Å². The van der Waals surface area contributed by atoms with Crippen molar-refractivity contribution in [2.24, 2.45) is 0 Å². The average Bonchev–Trinajstić information content (AvgIpc) is 2.49. The lowest BCUT2D eigenvalue weighted by Gasteiger charge is -2.44. The first-order valence-electron chi connectivity index (χ1n) is 6.81. The number of anilines is 1. The van der Waals surface area contributed by atoms with Gasteiger partial charge in [-0.05, 0) is 45.4 Å². The zero-order valence-electron chi connectivity index (χ0n) is 11.4. The molecular formula is C15H24N2O. The molecule has 1 aromatic rings.